The van der Waals surface area contributed by atoms with E-state index < -0.39 is 18.2 Å². The molecule has 2 aromatic carbocycles. The van der Waals surface area contributed by atoms with Crippen LogP contribution in [0.15, 0.2) is 36.4 Å². The minimum atomic E-state index is -0.587. The van der Waals surface area contributed by atoms with Gasteiger partial charge >= 0.3 is 5.97 Å². The monoisotopic (exact) mass is 609 g/mol. The van der Waals surface area contributed by atoms with Gasteiger partial charge in [-0.05, 0) is 41.8 Å². The zero-order valence-electron chi connectivity index (χ0n) is 25.2. The predicted octanol–water partition coefficient (Wildman–Crippen LogP) is 4.87. The Kier molecular flexibility index (Phi) is 8.97. The molecule has 13 heteroatoms. The van der Waals surface area contributed by atoms with E-state index >= 15 is 0 Å². The molecule has 0 N–H and O–H groups in total. The second-order valence-corrected chi connectivity index (χ2v) is 11.8. The van der Waals surface area contributed by atoms with Crippen LogP contribution in [0.2, 0.25) is 5.02 Å². The smallest absolute Gasteiger partial charge is 0.313 e. The molecule has 4 aromatic rings. The molecule has 3 heterocycles. The number of ether oxygens (including phenoxy) is 4. The molecule has 0 aliphatic carbocycles. The van der Waals surface area contributed by atoms with Crippen molar-refractivity contribution in [2.75, 3.05) is 20.8 Å². The van der Waals surface area contributed by atoms with Gasteiger partial charge in [0.1, 0.15) is 24.5 Å². The molecule has 0 unspecified atom stereocenters. The van der Waals surface area contributed by atoms with Crippen molar-refractivity contribution in [2.45, 2.75) is 65.7 Å². The first-order valence-corrected chi connectivity index (χ1v) is 14.5. The Bertz CT molecular complexity index is 1600. The first kappa shape index (κ1) is 30.4. The number of aromatic nitrogens is 7. The maximum atomic E-state index is 11.9. The van der Waals surface area contributed by atoms with E-state index in [2.05, 4.69) is 50.9 Å². The second kappa shape index (κ2) is 12.7. The van der Waals surface area contributed by atoms with E-state index in [1.165, 1.54) is 4.80 Å². The average molecular weight is 610 g/mol. The molecule has 2 atom stereocenters. The Morgan fingerprint density at radius 2 is 1.88 bits per heavy atom. The average Bonchev–Trinajstić information content (AvgIpc) is 3.55. The number of esters is 1. The lowest BCUT2D eigenvalue weighted by Gasteiger charge is -2.25. The van der Waals surface area contributed by atoms with Crippen molar-refractivity contribution in [3.63, 3.8) is 0 Å². The molecular weight excluding hydrogens is 574 g/mol. The highest BCUT2D eigenvalue weighted by Gasteiger charge is 2.36. The summed E-state index contributed by atoms with van der Waals surface area (Å²) >= 11 is 6.59. The highest BCUT2D eigenvalue weighted by Crippen LogP contribution is 2.46. The highest BCUT2D eigenvalue weighted by molar-refractivity contribution is 6.30. The standard InChI is InChI=1S/C30H36ClN7O5/c1-7-42-26(39)16-24-32-36-37(35-24)14-13-23-29-34-33-25(17-30(2,3)4)38(29)21-12-11-18(31)15-20(21)27(43-23)19-9-8-10-22(40-5)28(19)41-6/h8-12,15,23,27H,7,13-14,16-17H2,1-6H3/t23-,27-/m1/s1. The Morgan fingerprint density at radius 1 is 1.07 bits per heavy atom. The van der Waals surface area contributed by atoms with Crippen LogP contribution in [0.5, 0.6) is 11.5 Å². The van der Waals surface area contributed by atoms with Crippen LogP contribution in [-0.2, 0) is 33.7 Å². The van der Waals surface area contributed by atoms with Crippen molar-refractivity contribution in [1.82, 2.24) is 35.0 Å². The number of para-hydroxylation sites is 1. The maximum absolute atomic E-state index is 11.9. The number of hydrogen-bond donors (Lipinski definition) is 0. The molecule has 0 saturated carbocycles. The van der Waals surface area contributed by atoms with E-state index in [-0.39, 0.29) is 24.3 Å². The van der Waals surface area contributed by atoms with Gasteiger partial charge in [-0.25, -0.2) is 0 Å². The third-order valence-electron chi connectivity index (χ3n) is 6.95. The number of aryl methyl sites for hydroxylation is 1. The van der Waals surface area contributed by atoms with E-state index in [1.54, 1.807) is 21.1 Å². The lowest BCUT2D eigenvalue weighted by Crippen LogP contribution is -2.17. The van der Waals surface area contributed by atoms with Crippen LogP contribution in [0.4, 0.5) is 0 Å². The predicted molar refractivity (Wildman–Crippen MR) is 158 cm³/mol. The van der Waals surface area contributed by atoms with E-state index in [1.807, 2.05) is 36.4 Å². The van der Waals surface area contributed by atoms with Crippen molar-refractivity contribution in [3.05, 3.63) is 70.0 Å². The Labute approximate surface area is 255 Å². The Balaban J connectivity index is 1.58. The van der Waals surface area contributed by atoms with Crippen LogP contribution in [0, 0.1) is 5.41 Å². The van der Waals surface area contributed by atoms with Gasteiger partial charge in [0.05, 0.1) is 33.1 Å². The SMILES string of the molecule is CCOC(=O)Cc1nnn(CC[C@H]2O[C@H](c3cccc(OC)c3OC)c3cc(Cl)ccc3-n3c(CC(C)(C)C)nnc32)n1. The summed E-state index contributed by atoms with van der Waals surface area (Å²) in [6.07, 6.45) is -0.0489. The van der Waals surface area contributed by atoms with Crippen LogP contribution in [0.3, 0.4) is 0 Å². The zero-order valence-corrected chi connectivity index (χ0v) is 26.0. The first-order valence-electron chi connectivity index (χ1n) is 14.1. The van der Waals surface area contributed by atoms with E-state index in [0.717, 1.165) is 22.6 Å². The van der Waals surface area contributed by atoms with Crippen LogP contribution < -0.4 is 9.47 Å². The molecule has 2 aromatic heterocycles. The van der Waals surface area contributed by atoms with Crippen LogP contribution in [0.1, 0.15) is 74.9 Å². The molecule has 1 aliphatic heterocycles. The van der Waals surface area contributed by atoms with E-state index in [9.17, 15) is 4.79 Å². The fourth-order valence-corrected chi connectivity index (χ4v) is 5.38. The molecule has 228 valence electrons. The second-order valence-electron chi connectivity index (χ2n) is 11.4. The van der Waals surface area contributed by atoms with Gasteiger partial charge in [-0.15, -0.1) is 20.4 Å². The summed E-state index contributed by atoms with van der Waals surface area (Å²) in [7, 11) is 3.21. The summed E-state index contributed by atoms with van der Waals surface area (Å²) in [6, 6.07) is 11.4. The Morgan fingerprint density at radius 3 is 2.60 bits per heavy atom. The fraction of sp³-hybridized carbons (Fsp3) is 0.467. The third-order valence-corrected chi connectivity index (χ3v) is 7.19. The number of fused-ring (bicyclic) bond motifs is 3. The fourth-order valence-electron chi connectivity index (χ4n) is 5.20. The van der Waals surface area contributed by atoms with Gasteiger partial charge in [0, 0.05) is 29.0 Å². The molecule has 0 bridgehead atoms. The van der Waals surface area contributed by atoms with Gasteiger partial charge < -0.3 is 18.9 Å². The molecule has 0 fully saturated rings. The largest absolute Gasteiger partial charge is 0.493 e. The van der Waals surface area contributed by atoms with Crippen molar-refractivity contribution < 1.29 is 23.7 Å². The topological polar surface area (TPSA) is 128 Å². The van der Waals surface area contributed by atoms with Gasteiger partial charge in [0.25, 0.3) is 0 Å². The maximum Gasteiger partial charge on any atom is 0.313 e. The lowest BCUT2D eigenvalue weighted by molar-refractivity contribution is -0.142. The van der Waals surface area contributed by atoms with Crippen LogP contribution in [-0.4, -0.2) is 61.8 Å². The minimum Gasteiger partial charge on any atom is -0.493 e. The molecule has 0 saturated heterocycles. The first-order chi connectivity index (χ1) is 20.6. The van der Waals surface area contributed by atoms with Crippen molar-refractivity contribution in [2.24, 2.45) is 5.41 Å². The number of tetrazole rings is 1. The number of rotatable bonds is 10. The number of hydrogen-bond acceptors (Lipinski definition) is 10. The summed E-state index contributed by atoms with van der Waals surface area (Å²) in [4.78, 5) is 13.3. The normalized spacial score (nSPS) is 16.3. The molecule has 0 radical (unpaired) electrons. The molecule has 43 heavy (non-hydrogen) atoms. The molecule has 0 amide bonds. The van der Waals surface area contributed by atoms with E-state index in [4.69, 9.17) is 30.5 Å². The molecule has 1 aliphatic rings. The number of benzene rings is 2. The number of methoxy groups -OCH3 is 2. The van der Waals surface area contributed by atoms with Crippen LogP contribution in [0.25, 0.3) is 5.69 Å². The highest BCUT2D eigenvalue weighted by atomic mass is 35.5. The number of carbonyl (C=O) groups excluding carboxylic acids is 1. The van der Waals surface area contributed by atoms with Crippen LogP contribution >= 0.6 is 11.6 Å². The number of nitrogens with zero attached hydrogens (tertiary/aromatic N) is 7. The van der Waals surface area contributed by atoms with Gasteiger partial charge in [0.15, 0.2) is 23.1 Å². The zero-order chi connectivity index (χ0) is 30.7. The summed E-state index contributed by atoms with van der Waals surface area (Å²) < 4.78 is 25.5. The summed E-state index contributed by atoms with van der Waals surface area (Å²) in [5, 5.41) is 22.4. The van der Waals surface area contributed by atoms with Gasteiger partial charge in [0.2, 0.25) is 0 Å². The molecular formula is C30H36ClN7O5. The summed E-state index contributed by atoms with van der Waals surface area (Å²) in [6.45, 7) is 8.88. The molecule has 5 rings (SSSR count). The van der Waals surface area contributed by atoms with Gasteiger partial charge in [-0.3, -0.25) is 9.36 Å². The number of halogens is 1. The lowest BCUT2D eigenvalue weighted by atomic mass is 9.91. The van der Waals surface area contributed by atoms with Crippen molar-refractivity contribution in [1.29, 1.82) is 0 Å². The van der Waals surface area contributed by atoms with Crippen molar-refractivity contribution >= 4 is 17.6 Å². The number of carbonyl (C=O) groups is 1. The van der Waals surface area contributed by atoms with Crippen molar-refractivity contribution in [3.8, 4) is 17.2 Å². The summed E-state index contributed by atoms with van der Waals surface area (Å²) in [5.41, 5.74) is 2.45. The van der Waals surface area contributed by atoms with Gasteiger partial charge in [-0.2, -0.15) is 4.80 Å². The minimum absolute atomic E-state index is 0.0472. The van der Waals surface area contributed by atoms with E-state index in [0.29, 0.717) is 41.7 Å². The van der Waals surface area contributed by atoms with Gasteiger partial charge in [-0.1, -0.05) is 44.5 Å². The molecule has 0 spiro atoms. The molecule has 12 nitrogen and oxygen atoms in total. The third kappa shape index (κ3) is 6.65. The quantitative estimate of drug-likeness (QED) is 0.230. The Hall–Kier alpha value is -4.03. The summed E-state index contributed by atoms with van der Waals surface area (Å²) in [5.74, 6) is 2.50.